The van der Waals surface area contributed by atoms with E-state index in [2.05, 4.69) is 15.9 Å². The summed E-state index contributed by atoms with van der Waals surface area (Å²) < 4.78 is 37.7. The fraction of sp³-hybridized carbons (Fsp3) is 0.300. The number of benzene rings is 1. The van der Waals surface area contributed by atoms with E-state index in [0.717, 1.165) is 12.1 Å². The highest BCUT2D eigenvalue weighted by atomic mass is 79.9. The summed E-state index contributed by atoms with van der Waals surface area (Å²) in [6.45, 7) is 0. The Morgan fingerprint density at radius 3 is 2.41 bits per heavy atom. The lowest BCUT2D eigenvalue weighted by Gasteiger charge is -2.13. The van der Waals surface area contributed by atoms with Crippen molar-refractivity contribution < 1.29 is 13.2 Å². The minimum absolute atomic E-state index is 0. The van der Waals surface area contributed by atoms with Crippen molar-refractivity contribution >= 4 is 28.3 Å². The number of hydrogen-bond acceptors (Lipinski definition) is 2. The molecule has 0 aliphatic heterocycles. The van der Waals surface area contributed by atoms with Gasteiger partial charge in [0.1, 0.15) is 0 Å². The Morgan fingerprint density at radius 1 is 1.35 bits per heavy atom. The predicted molar refractivity (Wildman–Crippen MR) is 63.6 cm³/mol. The SMILES string of the molecule is Cl.N#CC[C@H](N)c1cc(Br)cc(C(F)(F)F)c1. The van der Waals surface area contributed by atoms with Gasteiger partial charge in [-0.25, -0.2) is 0 Å². The molecule has 0 unspecified atom stereocenters. The van der Waals surface area contributed by atoms with Gasteiger partial charge in [-0.3, -0.25) is 0 Å². The fourth-order valence-electron chi connectivity index (χ4n) is 1.21. The van der Waals surface area contributed by atoms with Crippen LogP contribution in [0.4, 0.5) is 13.2 Å². The van der Waals surface area contributed by atoms with Gasteiger partial charge in [-0.05, 0) is 23.8 Å². The monoisotopic (exact) mass is 328 g/mol. The molecular formula is C10H9BrClF3N2. The van der Waals surface area contributed by atoms with Crippen LogP contribution in [-0.4, -0.2) is 0 Å². The van der Waals surface area contributed by atoms with Crippen molar-refractivity contribution in [2.75, 3.05) is 0 Å². The molecule has 0 spiro atoms. The van der Waals surface area contributed by atoms with Crippen LogP contribution >= 0.6 is 28.3 Å². The standard InChI is InChI=1S/C10H8BrF3N2.ClH/c11-8-4-6(9(16)1-2-15)3-7(5-8)10(12,13)14;/h3-5,9H,1,16H2;1H/t9-;/m0./s1. The van der Waals surface area contributed by atoms with Gasteiger partial charge in [0.2, 0.25) is 0 Å². The van der Waals surface area contributed by atoms with E-state index in [1.807, 2.05) is 6.07 Å². The summed E-state index contributed by atoms with van der Waals surface area (Å²) in [6, 6.07) is 4.54. The Hall–Kier alpha value is -0.770. The van der Waals surface area contributed by atoms with Gasteiger partial charge in [0.15, 0.2) is 0 Å². The van der Waals surface area contributed by atoms with E-state index in [-0.39, 0.29) is 18.8 Å². The molecule has 0 bridgehead atoms. The van der Waals surface area contributed by atoms with E-state index in [0.29, 0.717) is 10.0 Å². The molecule has 0 heterocycles. The minimum Gasteiger partial charge on any atom is -0.323 e. The Bertz CT molecular complexity index is 429. The lowest BCUT2D eigenvalue weighted by atomic mass is 10.0. The summed E-state index contributed by atoms with van der Waals surface area (Å²) in [6.07, 6.45) is -4.43. The van der Waals surface area contributed by atoms with Crippen LogP contribution in [0.25, 0.3) is 0 Å². The number of nitrogens with two attached hydrogens (primary N) is 1. The summed E-state index contributed by atoms with van der Waals surface area (Å²) >= 11 is 2.99. The Balaban J connectivity index is 0.00000256. The molecule has 0 fully saturated rings. The highest BCUT2D eigenvalue weighted by Crippen LogP contribution is 2.33. The minimum atomic E-state index is -4.41. The van der Waals surface area contributed by atoms with Crippen molar-refractivity contribution in [2.45, 2.75) is 18.6 Å². The number of rotatable bonds is 2. The van der Waals surface area contributed by atoms with E-state index in [1.165, 1.54) is 6.07 Å². The first-order valence-corrected chi connectivity index (χ1v) is 5.14. The molecule has 0 aliphatic carbocycles. The summed E-state index contributed by atoms with van der Waals surface area (Å²) in [5.41, 5.74) is 5.10. The second kappa shape index (κ2) is 6.24. The maximum atomic E-state index is 12.5. The summed E-state index contributed by atoms with van der Waals surface area (Å²) in [7, 11) is 0. The van der Waals surface area contributed by atoms with Gasteiger partial charge in [-0.15, -0.1) is 12.4 Å². The zero-order chi connectivity index (χ0) is 12.3. The topological polar surface area (TPSA) is 49.8 Å². The molecule has 2 nitrogen and oxygen atoms in total. The van der Waals surface area contributed by atoms with E-state index >= 15 is 0 Å². The van der Waals surface area contributed by atoms with Crippen LogP contribution < -0.4 is 5.73 Å². The van der Waals surface area contributed by atoms with Crippen molar-refractivity contribution in [3.8, 4) is 6.07 Å². The molecule has 0 radical (unpaired) electrons. The van der Waals surface area contributed by atoms with E-state index < -0.39 is 17.8 Å². The number of halogens is 5. The zero-order valence-corrected chi connectivity index (χ0v) is 10.9. The fourth-order valence-corrected chi connectivity index (χ4v) is 1.72. The highest BCUT2D eigenvalue weighted by Gasteiger charge is 2.31. The van der Waals surface area contributed by atoms with Crippen LogP contribution in [-0.2, 0) is 6.18 Å². The average molecular weight is 330 g/mol. The number of nitrogens with zero attached hydrogens (tertiary/aromatic N) is 1. The van der Waals surface area contributed by atoms with Crippen molar-refractivity contribution in [1.29, 1.82) is 5.26 Å². The van der Waals surface area contributed by atoms with E-state index in [1.54, 1.807) is 0 Å². The molecule has 94 valence electrons. The maximum Gasteiger partial charge on any atom is 0.416 e. The second-order valence-electron chi connectivity index (χ2n) is 3.24. The normalized spacial score (nSPS) is 12.5. The van der Waals surface area contributed by atoms with Crippen molar-refractivity contribution in [1.82, 2.24) is 0 Å². The van der Waals surface area contributed by atoms with Crippen molar-refractivity contribution in [2.24, 2.45) is 5.73 Å². The number of hydrogen-bond donors (Lipinski definition) is 1. The smallest absolute Gasteiger partial charge is 0.323 e. The molecule has 17 heavy (non-hydrogen) atoms. The molecule has 1 rings (SSSR count). The van der Waals surface area contributed by atoms with Gasteiger partial charge in [-0.1, -0.05) is 15.9 Å². The first kappa shape index (κ1) is 16.2. The average Bonchev–Trinajstić information content (AvgIpc) is 2.16. The van der Waals surface area contributed by atoms with Gasteiger partial charge in [0.25, 0.3) is 0 Å². The number of nitriles is 1. The Morgan fingerprint density at radius 2 is 1.94 bits per heavy atom. The van der Waals surface area contributed by atoms with Gasteiger partial charge >= 0.3 is 6.18 Å². The molecule has 1 aromatic carbocycles. The number of alkyl halides is 3. The quantitative estimate of drug-likeness (QED) is 0.897. The van der Waals surface area contributed by atoms with E-state index in [9.17, 15) is 13.2 Å². The summed E-state index contributed by atoms with van der Waals surface area (Å²) in [5, 5.41) is 8.43. The van der Waals surface area contributed by atoms with Crippen LogP contribution in [0.3, 0.4) is 0 Å². The molecule has 0 aromatic heterocycles. The van der Waals surface area contributed by atoms with Gasteiger partial charge < -0.3 is 5.73 Å². The van der Waals surface area contributed by atoms with Crippen molar-refractivity contribution in [3.05, 3.63) is 33.8 Å². The highest BCUT2D eigenvalue weighted by molar-refractivity contribution is 9.10. The molecule has 1 atom stereocenters. The zero-order valence-electron chi connectivity index (χ0n) is 8.46. The molecular weight excluding hydrogens is 320 g/mol. The molecule has 2 N–H and O–H groups in total. The molecule has 1 aromatic rings. The molecule has 0 saturated heterocycles. The Kier molecular flexibility index (Phi) is 5.96. The molecule has 7 heteroatoms. The Labute approximate surface area is 111 Å². The molecule has 0 saturated carbocycles. The summed E-state index contributed by atoms with van der Waals surface area (Å²) in [4.78, 5) is 0. The van der Waals surface area contributed by atoms with Gasteiger partial charge in [0.05, 0.1) is 18.1 Å². The summed E-state index contributed by atoms with van der Waals surface area (Å²) in [5.74, 6) is 0. The van der Waals surface area contributed by atoms with Crippen LogP contribution in [0.5, 0.6) is 0 Å². The third-order valence-electron chi connectivity index (χ3n) is 1.99. The van der Waals surface area contributed by atoms with Crippen LogP contribution in [0.15, 0.2) is 22.7 Å². The predicted octanol–water partition coefficient (Wildman–Crippen LogP) is 3.80. The van der Waals surface area contributed by atoms with Crippen molar-refractivity contribution in [3.63, 3.8) is 0 Å². The maximum absolute atomic E-state index is 12.5. The van der Waals surface area contributed by atoms with E-state index in [4.69, 9.17) is 11.0 Å². The van der Waals surface area contributed by atoms with Gasteiger partial charge in [-0.2, -0.15) is 18.4 Å². The van der Waals surface area contributed by atoms with Crippen LogP contribution in [0.1, 0.15) is 23.6 Å². The first-order chi connectivity index (χ1) is 7.34. The lowest BCUT2D eigenvalue weighted by Crippen LogP contribution is -2.12. The second-order valence-corrected chi connectivity index (χ2v) is 4.16. The molecule has 0 aliphatic rings. The van der Waals surface area contributed by atoms with Crippen LogP contribution in [0, 0.1) is 11.3 Å². The molecule has 0 amide bonds. The third kappa shape index (κ3) is 4.54. The van der Waals surface area contributed by atoms with Crippen LogP contribution in [0.2, 0.25) is 0 Å². The largest absolute Gasteiger partial charge is 0.416 e. The third-order valence-corrected chi connectivity index (χ3v) is 2.44. The van der Waals surface area contributed by atoms with Gasteiger partial charge in [0, 0.05) is 10.5 Å². The lowest BCUT2D eigenvalue weighted by molar-refractivity contribution is -0.137. The first-order valence-electron chi connectivity index (χ1n) is 4.35.